The second-order valence-electron chi connectivity index (χ2n) is 6.02. The maximum absolute atomic E-state index is 12.5. The molecule has 140 valence electrons. The summed E-state index contributed by atoms with van der Waals surface area (Å²) in [6.07, 6.45) is 3.12. The van der Waals surface area contributed by atoms with Crippen molar-refractivity contribution >= 4 is 27.6 Å². The van der Waals surface area contributed by atoms with Crippen molar-refractivity contribution in [3.05, 3.63) is 54.0 Å². The van der Waals surface area contributed by atoms with Crippen molar-refractivity contribution in [1.82, 2.24) is 13.9 Å². The average Bonchev–Trinajstić information content (AvgIpc) is 2.88. The second-order valence-corrected chi connectivity index (χ2v) is 9.16. The van der Waals surface area contributed by atoms with E-state index in [0.717, 1.165) is 15.7 Å². The van der Waals surface area contributed by atoms with E-state index in [1.807, 2.05) is 24.5 Å². The summed E-state index contributed by atoms with van der Waals surface area (Å²) in [7, 11) is -0.554. The fourth-order valence-corrected chi connectivity index (χ4v) is 4.10. The lowest BCUT2D eigenvalue weighted by Gasteiger charge is -2.11. The minimum atomic E-state index is -3.50. The van der Waals surface area contributed by atoms with Crippen molar-refractivity contribution < 1.29 is 13.2 Å². The first-order valence-electron chi connectivity index (χ1n) is 8.00. The summed E-state index contributed by atoms with van der Waals surface area (Å²) >= 11 is 1.29. The zero-order chi connectivity index (χ0) is 19.5. The Kier molecular flexibility index (Phi) is 6.44. The number of aromatic nitrogens is 2. The highest BCUT2D eigenvalue weighted by molar-refractivity contribution is 7.99. The van der Waals surface area contributed by atoms with Gasteiger partial charge in [-0.05, 0) is 32.0 Å². The zero-order valence-electron chi connectivity index (χ0n) is 15.4. The van der Waals surface area contributed by atoms with Crippen LogP contribution in [0.25, 0.3) is 0 Å². The fraction of sp³-hybridized carbons (Fsp3) is 0.333. The molecule has 2 heterocycles. The standard InChI is InChI=1S/C18H23N3O3S2/c1-6-9-21-13(2)10-16(14(21)3)17(22)12-25-18-8-7-15(11-19-18)26(23,24)20(4)5/h6-8,10-11H,1,9,12H2,2-5H3. The van der Waals surface area contributed by atoms with Crippen molar-refractivity contribution in [3.63, 3.8) is 0 Å². The molecule has 2 aromatic rings. The average molecular weight is 394 g/mol. The van der Waals surface area contributed by atoms with Gasteiger partial charge in [-0.2, -0.15) is 0 Å². The zero-order valence-corrected chi connectivity index (χ0v) is 17.0. The van der Waals surface area contributed by atoms with Crippen LogP contribution in [0.3, 0.4) is 0 Å². The van der Waals surface area contributed by atoms with Crippen LogP contribution in [0.2, 0.25) is 0 Å². The number of allylic oxidation sites excluding steroid dienone is 1. The van der Waals surface area contributed by atoms with Gasteiger partial charge in [0.15, 0.2) is 5.78 Å². The lowest BCUT2D eigenvalue weighted by Crippen LogP contribution is -2.22. The molecule has 0 saturated heterocycles. The normalized spacial score (nSPS) is 11.7. The van der Waals surface area contributed by atoms with Crippen LogP contribution >= 0.6 is 11.8 Å². The molecule has 0 fully saturated rings. The first-order chi connectivity index (χ1) is 12.2. The third kappa shape index (κ3) is 4.25. The van der Waals surface area contributed by atoms with Gasteiger partial charge in [-0.1, -0.05) is 17.8 Å². The minimum Gasteiger partial charge on any atom is -0.345 e. The summed E-state index contributed by atoms with van der Waals surface area (Å²) in [5.74, 6) is 0.260. The summed E-state index contributed by atoms with van der Waals surface area (Å²) in [4.78, 5) is 16.8. The predicted octanol–water partition coefficient (Wildman–Crippen LogP) is 2.91. The fourth-order valence-electron chi connectivity index (χ4n) is 2.53. The van der Waals surface area contributed by atoms with Gasteiger partial charge in [0.2, 0.25) is 10.0 Å². The lowest BCUT2D eigenvalue weighted by molar-refractivity contribution is 0.102. The molecular formula is C18H23N3O3S2. The van der Waals surface area contributed by atoms with Crippen LogP contribution in [0.5, 0.6) is 0 Å². The number of sulfonamides is 1. The molecule has 0 spiro atoms. The SMILES string of the molecule is C=CCn1c(C)cc(C(=O)CSc2ccc(S(=O)(=O)N(C)C)cn2)c1C. The number of ketones is 1. The summed E-state index contributed by atoms with van der Waals surface area (Å²) in [5, 5.41) is 0.607. The molecule has 0 saturated carbocycles. The van der Waals surface area contributed by atoms with Crippen LogP contribution in [0.4, 0.5) is 0 Å². The Morgan fingerprint density at radius 2 is 2.04 bits per heavy atom. The van der Waals surface area contributed by atoms with Crippen LogP contribution < -0.4 is 0 Å². The number of aryl methyl sites for hydroxylation is 1. The molecule has 6 nitrogen and oxygen atoms in total. The summed E-state index contributed by atoms with van der Waals surface area (Å²) in [6.45, 7) is 8.30. The molecule has 0 radical (unpaired) electrons. The third-order valence-electron chi connectivity index (χ3n) is 4.02. The van der Waals surface area contributed by atoms with Crippen LogP contribution in [0.1, 0.15) is 21.7 Å². The number of rotatable bonds is 8. The third-order valence-corrected chi connectivity index (χ3v) is 6.77. The Labute approximate surface area is 159 Å². The van der Waals surface area contributed by atoms with Gasteiger partial charge in [0.05, 0.1) is 10.8 Å². The number of pyridine rings is 1. The number of carbonyl (C=O) groups excluding carboxylic acids is 1. The Bertz CT molecular complexity index is 914. The van der Waals surface area contributed by atoms with Crippen LogP contribution in [0.15, 0.2) is 47.0 Å². The van der Waals surface area contributed by atoms with Crippen molar-refractivity contribution in [3.8, 4) is 0 Å². The van der Waals surface area contributed by atoms with Crippen molar-refractivity contribution in [2.75, 3.05) is 19.8 Å². The van der Waals surface area contributed by atoms with E-state index < -0.39 is 10.0 Å². The number of nitrogens with zero attached hydrogens (tertiary/aromatic N) is 3. The lowest BCUT2D eigenvalue weighted by atomic mass is 10.2. The number of hydrogen-bond donors (Lipinski definition) is 0. The van der Waals surface area contributed by atoms with Gasteiger partial charge in [0, 0.05) is 43.8 Å². The quantitative estimate of drug-likeness (QED) is 0.392. The highest BCUT2D eigenvalue weighted by Gasteiger charge is 2.18. The molecule has 0 bridgehead atoms. The molecule has 2 rings (SSSR count). The van der Waals surface area contributed by atoms with Gasteiger partial charge in [-0.15, -0.1) is 6.58 Å². The molecule has 0 unspecified atom stereocenters. The second kappa shape index (κ2) is 8.20. The Morgan fingerprint density at radius 1 is 1.35 bits per heavy atom. The summed E-state index contributed by atoms with van der Waals surface area (Å²) in [5.41, 5.74) is 2.64. The molecule has 0 atom stereocenters. The number of carbonyl (C=O) groups is 1. The Hall–Kier alpha value is -1.90. The van der Waals surface area contributed by atoms with Gasteiger partial charge in [0.25, 0.3) is 0 Å². The van der Waals surface area contributed by atoms with Crippen LogP contribution in [0, 0.1) is 13.8 Å². The largest absolute Gasteiger partial charge is 0.345 e. The van der Waals surface area contributed by atoms with Crippen molar-refractivity contribution in [2.45, 2.75) is 30.3 Å². The Morgan fingerprint density at radius 3 is 2.58 bits per heavy atom. The molecule has 0 aromatic carbocycles. The van der Waals surface area contributed by atoms with Gasteiger partial charge >= 0.3 is 0 Å². The monoisotopic (exact) mass is 393 g/mol. The summed E-state index contributed by atoms with van der Waals surface area (Å²) < 4.78 is 27.3. The van der Waals surface area contributed by atoms with Crippen molar-refractivity contribution in [1.29, 1.82) is 0 Å². The topological polar surface area (TPSA) is 72.3 Å². The first kappa shape index (κ1) is 20.4. The molecule has 0 aliphatic carbocycles. The first-order valence-corrected chi connectivity index (χ1v) is 10.4. The van der Waals surface area contributed by atoms with Crippen molar-refractivity contribution in [2.24, 2.45) is 0 Å². The molecule has 8 heteroatoms. The van der Waals surface area contributed by atoms with E-state index in [4.69, 9.17) is 0 Å². The molecule has 2 aromatic heterocycles. The molecular weight excluding hydrogens is 370 g/mol. The number of Topliss-reactive ketones (excluding diaryl/α,β-unsaturated/α-hetero) is 1. The molecule has 0 N–H and O–H groups in total. The van der Waals surface area contributed by atoms with E-state index >= 15 is 0 Å². The van der Waals surface area contributed by atoms with Gasteiger partial charge < -0.3 is 4.57 Å². The molecule has 0 amide bonds. The van der Waals surface area contributed by atoms with Gasteiger partial charge in [0.1, 0.15) is 4.90 Å². The van der Waals surface area contributed by atoms with E-state index in [1.165, 1.54) is 38.1 Å². The minimum absolute atomic E-state index is 0.0187. The van der Waals surface area contributed by atoms with Crippen LogP contribution in [-0.2, 0) is 16.6 Å². The van der Waals surface area contributed by atoms with E-state index in [2.05, 4.69) is 11.6 Å². The van der Waals surface area contributed by atoms with Crippen LogP contribution in [-0.4, -0.2) is 47.9 Å². The smallest absolute Gasteiger partial charge is 0.244 e. The predicted molar refractivity (Wildman–Crippen MR) is 104 cm³/mol. The van der Waals surface area contributed by atoms with Gasteiger partial charge in [-0.25, -0.2) is 17.7 Å². The van der Waals surface area contributed by atoms with E-state index in [1.54, 1.807) is 12.1 Å². The molecule has 0 aliphatic heterocycles. The molecule has 0 aliphatic rings. The Balaban J connectivity index is 2.09. The summed E-state index contributed by atoms with van der Waals surface area (Å²) in [6, 6.07) is 5.02. The maximum atomic E-state index is 12.5. The van der Waals surface area contributed by atoms with E-state index in [0.29, 0.717) is 17.1 Å². The van der Waals surface area contributed by atoms with E-state index in [-0.39, 0.29) is 16.4 Å². The highest BCUT2D eigenvalue weighted by atomic mass is 32.2. The van der Waals surface area contributed by atoms with E-state index in [9.17, 15) is 13.2 Å². The number of thioether (sulfide) groups is 1. The van der Waals surface area contributed by atoms with Gasteiger partial charge in [-0.3, -0.25) is 4.79 Å². The highest BCUT2D eigenvalue weighted by Crippen LogP contribution is 2.22. The molecule has 26 heavy (non-hydrogen) atoms. The maximum Gasteiger partial charge on any atom is 0.244 e. The number of hydrogen-bond acceptors (Lipinski definition) is 5.